The van der Waals surface area contributed by atoms with Crippen LogP contribution >= 0.6 is 23.4 Å². The smallest absolute Gasteiger partial charge is 0.417 e. The Bertz CT molecular complexity index is 780. The molecule has 0 N–H and O–H groups in total. The largest absolute Gasteiger partial charge is 0.465 e. The second-order valence-electron chi connectivity index (χ2n) is 4.51. The highest BCUT2D eigenvalue weighted by Crippen LogP contribution is 2.45. The van der Waals surface area contributed by atoms with Crippen molar-refractivity contribution in [1.82, 2.24) is 0 Å². The van der Waals surface area contributed by atoms with Gasteiger partial charge >= 0.3 is 12.1 Å². The summed E-state index contributed by atoms with van der Waals surface area (Å²) in [5.41, 5.74) is -0.655. The number of rotatable bonds is 4. The van der Waals surface area contributed by atoms with Gasteiger partial charge in [-0.3, -0.25) is 0 Å². The second-order valence-corrected chi connectivity index (χ2v) is 6.18. The second kappa shape index (κ2) is 7.50. The van der Waals surface area contributed by atoms with Crippen molar-refractivity contribution >= 4 is 47.4 Å². The minimum Gasteiger partial charge on any atom is -0.465 e. The van der Waals surface area contributed by atoms with Crippen molar-refractivity contribution in [3.05, 3.63) is 52.5 Å². The zero-order valence-electron chi connectivity index (χ0n) is 12.1. The van der Waals surface area contributed by atoms with Crippen molar-refractivity contribution < 1.29 is 22.7 Å². The molecular formula is C15H9ClF3NO2S2. The summed E-state index contributed by atoms with van der Waals surface area (Å²) >= 11 is 11.2. The van der Waals surface area contributed by atoms with Crippen LogP contribution in [0.3, 0.4) is 0 Å². The molecule has 0 aromatic heterocycles. The number of benzene rings is 2. The third-order valence-corrected chi connectivity index (χ3v) is 4.71. The summed E-state index contributed by atoms with van der Waals surface area (Å²) in [6.07, 6.45) is -4.60. The molecule has 0 amide bonds. The number of esters is 1. The molecule has 24 heavy (non-hydrogen) atoms. The molecule has 0 saturated carbocycles. The number of nitrogens with zero attached hydrogens (tertiary/aromatic N) is 1. The Morgan fingerprint density at radius 3 is 2.38 bits per heavy atom. The van der Waals surface area contributed by atoms with Crippen molar-refractivity contribution in [3.63, 3.8) is 0 Å². The molecule has 0 fully saturated rings. The van der Waals surface area contributed by atoms with Crippen LogP contribution in [0.25, 0.3) is 0 Å². The SMILES string of the molecule is COC(=O)c1ccc(Sc2c(Cl)cc(N=S)cc2C(F)(F)F)cc1. The molecule has 0 unspecified atom stereocenters. The molecule has 0 radical (unpaired) electrons. The molecule has 0 heterocycles. The Hall–Kier alpha value is -1.64. The molecule has 0 aliphatic heterocycles. The minimum atomic E-state index is -4.60. The fourth-order valence-electron chi connectivity index (χ4n) is 1.84. The first-order chi connectivity index (χ1) is 11.3. The van der Waals surface area contributed by atoms with E-state index >= 15 is 0 Å². The number of hydrogen-bond acceptors (Lipinski definition) is 5. The monoisotopic (exact) mass is 391 g/mol. The van der Waals surface area contributed by atoms with Gasteiger partial charge in [0.05, 0.1) is 28.9 Å². The van der Waals surface area contributed by atoms with Gasteiger partial charge in [0.15, 0.2) is 0 Å². The first-order valence-corrected chi connectivity index (χ1v) is 7.92. The van der Waals surface area contributed by atoms with Gasteiger partial charge in [0.1, 0.15) is 0 Å². The summed E-state index contributed by atoms with van der Waals surface area (Å²) in [7, 11) is 1.24. The summed E-state index contributed by atoms with van der Waals surface area (Å²) in [6, 6.07) is 8.07. The van der Waals surface area contributed by atoms with Crippen molar-refractivity contribution in [2.45, 2.75) is 16.0 Å². The van der Waals surface area contributed by atoms with E-state index in [0.717, 1.165) is 17.8 Å². The van der Waals surface area contributed by atoms with Crippen LogP contribution in [0.2, 0.25) is 5.02 Å². The Labute approximate surface area is 150 Å². The lowest BCUT2D eigenvalue weighted by Crippen LogP contribution is -2.07. The fourth-order valence-corrected chi connectivity index (χ4v) is 3.22. The molecule has 0 atom stereocenters. The predicted molar refractivity (Wildman–Crippen MR) is 87.8 cm³/mol. The van der Waals surface area contributed by atoms with Crippen LogP contribution in [0.5, 0.6) is 0 Å². The number of halogens is 4. The number of hydrogen-bond donors (Lipinski definition) is 0. The quantitative estimate of drug-likeness (QED) is 0.630. The molecule has 0 bridgehead atoms. The Balaban J connectivity index is 2.42. The predicted octanol–water partition coefficient (Wildman–Crippen LogP) is 5.66. The number of ether oxygens (including phenoxy) is 1. The highest BCUT2D eigenvalue weighted by molar-refractivity contribution is 7.99. The van der Waals surface area contributed by atoms with E-state index in [4.69, 9.17) is 11.6 Å². The van der Waals surface area contributed by atoms with E-state index in [1.165, 1.54) is 37.4 Å². The first-order valence-electron chi connectivity index (χ1n) is 6.36. The molecule has 9 heteroatoms. The lowest BCUT2D eigenvalue weighted by atomic mass is 10.2. The highest BCUT2D eigenvalue weighted by atomic mass is 35.5. The molecule has 2 rings (SSSR count). The van der Waals surface area contributed by atoms with Crippen molar-refractivity contribution in [2.75, 3.05) is 7.11 Å². The van der Waals surface area contributed by atoms with E-state index in [-0.39, 0.29) is 15.6 Å². The molecule has 0 aliphatic carbocycles. The summed E-state index contributed by atoms with van der Waals surface area (Å²) < 4.78 is 47.7. The summed E-state index contributed by atoms with van der Waals surface area (Å²) in [4.78, 5) is 11.7. The fraction of sp³-hybridized carbons (Fsp3) is 0.133. The third kappa shape index (κ3) is 4.25. The van der Waals surface area contributed by atoms with E-state index in [9.17, 15) is 18.0 Å². The Morgan fingerprint density at radius 2 is 1.88 bits per heavy atom. The van der Waals surface area contributed by atoms with Gasteiger partial charge in [0.2, 0.25) is 0 Å². The van der Waals surface area contributed by atoms with Crippen molar-refractivity contribution in [2.24, 2.45) is 4.36 Å². The minimum absolute atomic E-state index is 0.0345. The van der Waals surface area contributed by atoms with Gasteiger partial charge in [-0.05, 0) is 36.4 Å². The van der Waals surface area contributed by atoms with E-state index < -0.39 is 17.7 Å². The standard InChI is InChI=1S/C15H9ClF3NO2S2/c1-22-14(21)8-2-4-10(5-3-8)24-13-11(15(17,18)19)6-9(20-23)7-12(13)16/h2-7H,1H3. The topological polar surface area (TPSA) is 38.7 Å². The molecule has 0 spiro atoms. The van der Waals surface area contributed by atoms with Crippen LogP contribution in [0, 0.1) is 0 Å². The lowest BCUT2D eigenvalue weighted by molar-refractivity contribution is -0.139. The molecule has 2 aromatic carbocycles. The van der Waals surface area contributed by atoms with Crippen LogP contribution in [0.15, 0.2) is 50.6 Å². The van der Waals surface area contributed by atoms with Gasteiger partial charge in [0, 0.05) is 22.2 Å². The van der Waals surface area contributed by atoms with Gasteiger partial charge in [-0.2, -0.15) is 17.5 Å². The number of carbonyl (C=O) groups is 1. The summed E-state index contributed by atoms with van der Waals surface area (Å²) in [5.74, 6) is -0.531. The van der Waals surface area contributed by atoms with Crippen LogP contribution in [-0.4, -0.2) is 13.1 Å². The molecule has 126 valence electrons. The zero-order valence-corrected chi connectivity index (χ0v) is 14.4. The van der Waals surface area contributed by atoms with Gasteiger partial charge in [0.25, 0.3) is 0 Å². The third-order valence-electron chi connectivity index (χ3n) is 2.93. The average Bonchev–Trinajstić information content (AvgIpc) is 2.55. The van der Waals surface area contributed by atoms with E-state index in [1.54, 1.807) is 0 Å². The van der Waals surface area contributed by atoms with Crippen LogP contribution in [-0.2, 0) is 23.3 Å². The zero-order chi connectivity index (χ0) is 17.9. The number of methoxy groups -OCH3 is 1. The van der Waals surface area contributed by atoms with Gasteiger partial charge in [-0.25, -0.2) is 4.79 Å². The maximum Gasteiger partial charge on any atom is 0.417 e. The van der Waals surface area contributed by atoms with Gasteiger partial charge in [-0.1, -0.05) is 23.4 Å². The van der Waals surface area contributed by atoms with Gasteiger partial charge < -0.3 is 4.74 Å². The summed E-state index contributed by atoms with van der Waals surface area (Å²) in [6.45, 7) is 0. The van der Waals surface area contributed by atoms with E-state index in [2.05, 4.69) is 21.5 Å². The van der Waals surface area contributed by atoms with E-state index in [1.807, 2.05) is 0 Å². The summed E-state index contributed by atoms with van der Waals surface area (Å²) in [5, 5.41) is -0.101. The Kier molecular flexibility index (Phi) is 5.84. The average molecular weight is 392 g/mol. The molecule has 0 saturated heterocycles. The maximum absolute atomic E-state index is 13.3. The first kappa shape index (κ1) is 18.7. The lowest BCUT2D eigenvalue weighted by Gasteiger charge is -2.14. The number of alkyl halides is 3. The molecular weight excluding hydrogens is 383 g/mol. The van der Waals surface area contributed by atoms with Gasteiger partial charge in [-0.15, -0.1) is 0 Å². The number of carbonyl (C=O) groups excluding carboxylic acids is 1. The highest BCUT2D eigenvalue weighted by Gasteiger charge is 2.35. The van der Waals surface area contributed by atoms with Crippen molar-refractivity contribution in [3.8, 4) is 0 Å². The molecule has 0 aliphatic rings. The van der Waals surface area contributed by atoms with Crippen LogP contribution < -0.4 is 0 Å². The molecule has 3 nitrogen and oxygen atoms in total. The maximum atomic E-state index is 13.3. The Morgan fingerprint density at radius 1 is 1.25 bits per heavy atom. The van der Waals surface area contributed by atoms with Crippen LogP contribution in [0.1, 0.15) is 15.9 Å². The van der Waals surface area contributed by atoms with E-state index in [0.29, 0.717) is 10.5 Å². The normalized spacial score (nSPS) is 11.2. The van der Waals surface area contributed by atoms with Crippen LogP contribution in [0.4, 0.5) is 18.9 Å². The van der Waals surface area contributed by atoms with Crippen molar-refractivity contribution in [1.29, 1.82) is 0 Å². The molecule has 2 aromatic rings.